The highest BCUT2D eigenvalue weighted by molar-refractivity contribution is 7.99. The van der Waals surface area contributed by atoms with E-state index in [-0.39, 0.29) is 21.2 Å². The van der Waals surface area contributed by atoms with Gasteiger partial charge in [-0.3, -0.25) is 4.79 Å². The summed E-state index contributed by atoms with van der Waals surface area (Å²) < 4.78 is 24.7. The van der Waals surface area contributed by atoms with Gasteiger partial charge in [-0.2, -0.15) is 11.8 Å². The second-order valence-electron chi connectivity index (χ2n) is 4.70. The number of carbonyl (C=O) groups excluding carboxylic acids is 1. The summed E-state index contributed by atoms with van der Waals surface area (Å²) >= 11 is 2.93. The molecular weight excluding hydrogens is 330 g/mol. The molecule has 0 bridgehead atoms. The Hall–Kier alpha value is -0.930. The number of thiophene rings is 1. The molecule has 1 amide bonds. The fraction of sp³-hybridized carbons (Fsp3) is 0.583. The molecule has 0 unspecified atom stereocenters. The van der Waals surface area contributed by atoms with Crippen LogP contribution < -0.4 is 16.4 Å². The van der Waals surface area contributed by atoms with Gasteiger partial charge in [0.15, 0.2) is 9.84 Å². The van der Waals surface area contributed by atoms with Gasteiger partial charge in [0, 0.05) is 18.8 Å². The lowest BCUT2D eigenvalue weighted by Gasteiger charge is -2.21. The normalized spacial score (nSPS) is 16.7. The number of primary amides is 1. The molecular formula is C12H19N3O3S3. The van der Waals surface area contributed by atoms with Gasteiger partial charge in [-0.25, -0.2) is 8.42 Å². The number of nitrogen functional groups attached to an aromatic ring is 1. The molecule has 1 aromatic rings. The minimum absolute atomic E-state index is 0.00116. The van der Waals surface area contributed by atoms with Gasteiger partial charge < -0.3 is 16.4 Å². The first-order chi connectivity index (χ1) is 9.88. The van der Waals surface area contributed by atoms with Gasteiger partial charge in [0.25, 0.3) is 5.91 Å². The summed E-state index contributed by atoms with van der Waals surface area (Å²) in [6, 6.07) is 0. The van der Waals surface area contributed by atoms with Crippen LogP contribution in [0.1, 0.15) is 23.0 Å². The molecule has 1 fully saturated rings. The summed E-state index contributed by atoms with van der Waals surface area (Å²) in [7, 11) is -3.50. The molecule has 2 rings (SSSR count). The Morgan fingerprint density at radius 3 is 2.67 bits per heavy atom. The van der Waals surface area contributed by atoms with Gasteiger partial charge in [-0.05, 0) is 12.2 Å². The highest BCUT2D eigenvalue weighted by Crippen LogP contribution is 2.42. The molecule has 0 saturated carbocycles. The Kier molecular flexibility index (Phi) is 5.05. The Balaban J connectivity index is 2.58. The maximum Gasteiger partial charge on any atom is 0.261 e. The molecule has 4 N–H and O–H groups in total. The Morgan fingerprint density at radius 1 is 1.33 bits per heavy atom. The van der Waals surface area contributed by atoms with Crippen LogP contribution in [0.25, 0.3) is 0 Å². The maximum absolute atomic E-state index is 12.3. The van der Waals surface area contributed by atoms with E-state index in [1.807, 2.05) is 16.7 Å². The summed E-state index contributed by atoms with van der Waals surface area (Å²) in [4.78, 5) is 13.7. The number of thioether (sulfide) groups is 1. The molecule has 21 heavy (non-hydrogen) atoms. The number of sulfone groups is 1. The Bertz CT molecular complexity index is 632. The molecule has 6 nitrogen and oxygen atoms in total. The van der Waals surface area contributed by atoms with E-state index < -0.39 is 15.7 Å². The zero-order chi connectivity index (χ0) is 15.6. The van der Waals surface area contributed by atoms with Crippen LogP contribution in [0, 0.1) is 0 Å². The summed E-state index contributed by atoms with van der Waals surface area (Å²) in [6.07, 6.45) is 0.972. The lowest BCUT2D eigenvalue weighted by Crippen LogP contribution is -2.26. The van der Waals surface area contributed by atoms with Crippen molar-refractivity contribution in [2.24, 2.45) is 5.73 Å². The number of rotatable bonds is 4. The van der Waals surface area contributed by atoms with E-state index in [2.05, 4.69) is 0 Å². The third-order valence-corrected chi connectivity index (χ3v) is 7.56. The van der Waals surface area contributed by atoms with Crippen molar-refractivity contribution in [2.75, 3.05) is 41.0 Å². The maximum atomic E-state index is 12.3. The van der Waals surface area contributed by atoms with Gasteiger partial charge in [0.2, 0.25) is 0 Å². The zero-order valence-corrected chi connectivity index (χ0v) is 14.2. The topological polar surface area (TPSA) is 106 Å². The predicted octanol–water partition coefficient (Wildman–Crippen LogP) is 1.17. The van der Waals surface area contributed by atoms with Crippen molar-refractivity contribution in [3.8, 4) is 0 Å². The van der Waals surface area contributed by atoms with E-state index >= 15 is 0 Å². The summed E-state index contributed by atoms with van der Waals surface area (Å²) in [5.41, 5.74) is 11.2. The minimum Gasteiger partial charge on any atom is -0.396 e. The third kappa shape index (κ3) is 3.29. The standard InChI is InChI=1S/C12H19N3O3S3/c1-2-21(17,18)10-8(13)9(11(14)16)20-12(10)15-4-3-6-19-7-5-15/h2-7,13H2,1H3,(H2,14,16). The van der Waals surface area contributed by atoms with Crippen LogP contribution in [0.2, 0.25) is 0 Å². The minimum atomic E-state index is -3.50. The lowest BCUT2D eigenvalue weighted by atomic mass is 10.3. The second-order valence-corrected chi connectivity index (χ2v) is 9.14. The lowest BCUT2D eigenvalue weighted by molar-refractivity contribution is 0.100. The highest BCUT2D eigenvalue weighted by Gasteiger charge is 2.30. The van der Waals surface area contributed by atoms with Crippen LogP contribution in [-0.2, 0) is 9.84 Å². The van der Waals surface area contributed by atoms with Crippen LogP contribution in [0.4, 0.5) is 10.7 Å². The monoisotopic (exact) mass is 349 g/mol. The molecule has 0 spiro atoms. The molecule has 1 saturated heterocycles. The van der Waals surface area contributed by atoms with Crippen molar-refractivity contribution in [2.45, 2.75) is 18.2 Å². The van der Waals surface area contributed by atoms with E-state index in [1.54, 1.807) is 6.92 Å². The second kappa shape index (κ2) is 6.45. The zero-order valence-electron chi connectivity index (χ0n) is 11.8. The fourth-order valence-electron chi connectivity index (χ4n) is 2.20. The molecule has 0 aromatic carbocycles. The number of amides is 1. The van der Waals surface area contributed by atoms with Crippen molar-refractivity contribution in [3.63, 3.8) is 0 Å². The van der Waals surface area contributed by atoms with Crippen LogP contribution in [0.15, 0.2) is 4.90 Å². The van der Waals surface area contributed by atoms with Crippen molar-refractivity contribution in [1.82, 2.24) is 0 Å². The average molecular weight is 350 g/mol. The molecule has 118 valence electrons. The van der Waals surface area contributed by atoms with E-state index in [9.17, 15) is 13.2 Å². The number of nitrogens with zero attached hydrogens (tertiary/aromatic N) is 1. The molecule has 9 heteroatoms. The summed E-state index contributed by atoms with van der Waals surface area (Å²) in [6.45, 7) is 3.07. The van der Waals surface area contributed by atoms with E-state index in [0.29, 0.717) is 5.00 Å². The molecule has 0 atom stereocenters. The van der Waals surface area contributed by atoms with Crippen molar-refractivity contribution in [3.05, 3.63) is 4.88 Å². The van der Waals surface area contributed by atoms with Crippen LogP contribution in [0.3, 0.4) is 0 Å². The molecule has 0 radical (unpaired) electrons. The highest BCUT2D eigenvalue weighted by atomic mass is 32.2. The van der Waals surface area contributed by atoms with Crippen LogP contribution >= 0.6 is 23.1 Å². The molecule has 1 aliphatic rings. The Morgan fingerprint density at radius 2 is 2.05 bits per heavy atom. The van der Waals surface area contributed by atoms with Crippen LogP contribution in [0.5, 0.6) is 0 Å². The smallest absolute Gasteiger partial charge is 0.261 e. The van der Waals surface area contributed by atoms with E-state index in [4.69, 9.17) is 11.5 Å². The largest absolute Gasteiger partial charge is 0.396 e. The van der Waals surface area contributed by atoms with Crippen molar-refractivity contribution in [1.29, 1.82) is 0 Å². The number of carbonyl (C=O) groups is 1. The SMILES string of the molecule is CCS(=O)(=O)c1c(N2CCCSCC2)sc(C(N)=O)c1N. The van der Waals surface area contributed by atoms with Gasteiger partial charge in [-0.15, -0.1) is 11.3 Å². The van der Waals surface area contributed by atoms with Crippen molar-refractivity contribution < 1.29 is 13.2 Å². The molecule has 1 aliphatic heterocycles. The first-order valence-corrected chi connectivity index (χ1v) is 10.3. The average Bonchev–Trinajstić information content (AvgIpc) is 2.63. The number of anilines is 2. The van der Waals surface area contributed by atoms with Gasteiger partial charge >= 0.3 is 0 Å². The predicted molar refractivity (Wildman–Crippen MR) is 89.1 cm³/mol. The number of hydrogen-bond donors (Lipinski definition) is 2. The fourth-order valence-corrected chi connectivity index (χ4v) is 5.80. The Labute approximate surface area is 132 Å². The number of nitrogens with two attached hydrogens (primary N) is 2. The van der Waals surface area contributed by atoms with Gasteiger partial charge in [-0.1, -0.05) is 6.92 Å². The first kappa shape index (κ1) is 16.4. The first-order valence-electron chi connectivity index (χ1n) is 6.66. The van der Waals surface area contributed by atoms with Gasteiger partial charge in [0.1, 0.15) is 14.8 Å². The van der Waals surface area contributed by atoms with Gasteiger partial charge in [0.05, 0.1) is 11.4 Å². The van der Waals surface area contributed by atoms with E-state index in [1.165, 1.54) is 0 Å². The third-order valence-electron chi connectivity index (χ3n) is 3.31. The van der Waals surface area contributed by atoms with Crippen LogP contribution in [-0.4, -0.2) is 44.7 Å². The summed E-state index contributed by atoms with van der Waals surface area (Å²) in [5.74, 6) is 1.24. The molecule has 0 aliphatic carbocycles. The molecule has 1 aromatic heterocycles. The summed E-state index contributed by atoms with van der Waals surface area (Å²) in [5, 5.41) is 0.561. The quantitative estimate of drug-likeness (QED) is 0.845. The number of hydrogen-bond acceptors (Lipinski definition) is 7. The van der Waals surface area contributed by atoms with E-state index in [0.717, 1.165) is 42.4 Å². The molecule has 2 heterocycles. The van der Waals surface area contributed by atoms with Crippen molar-refractivity contribution >= 4 is 49.5 Å².